The molecule has 0 unspecified atom stereocenters. The number of morpholine rings is 1. The molecule has 0 aliphatic carbocycles. The Bertz CT molecular complexity index is 319. The summed E-state index contributed by atoms with van der Waals surface area (Å²) in [4.78, 5) is 2.38. The number of ether oxygens (including phenoxy) is 1. The van der Waals surface area contributed by atoms with E-state index < -0.39 is 0 Å². The molecule has 1 N–H and O–H groups in total. The van der Waals surface area contributed by atoms with Crippen molar-refractivity contribution in [2.45, 2.75) is 26.4 Å². The molecule has 1 aliphatic heterocycles. The highest BCUT2D eigenvalue weighted by Crippen LogP contribution is 2.14. The van der Waals surface area contributed by atoms with Crippen LogP contribution in [0.5, 0.6) is 0 Å². The minimum Gasteiger partial charge on any atom is -0.468 e. The first kappa shape index (κ1) is 12.6. The van der Waals surface area contributed by atoms with Gasteiger partial charge in [-0.25, -0.2) is 0 Å². The van der Waals surface area contributed by atoms with Crippen LogP contribution >= 0.6 is 0 Å². The quantitative estimate of drug-likeness (QED) is 0.764. The van der Waals surface area contributed by atoms with Crippen molar-refractivity contribution < 1.29 is 9.15 Å². The molecule has 0 amide bonds. The molecule has 4 heteroatoms. The summed E-state index contributed by atoms with van der Waals surface area (Å²) in [6.45, 7) is 8.72. The molecule has 1 fully saturated rings. The van der Waals surface area contributed by atoms with E-state index in [0.717, 1.165) is 58.1 Å². The van der Waals surface area contributed by atoms with Crippen LogP contribution in [0.2, 0.25) is 0 Å². The van der Waals surface area contributed by atoms with Gasteiger partial charge in [-0.2, -0.15) is 0 Å². The van der Waals surface area contributed by atoms with Crippen LogP contribution in [-0.2, 0) is 17.8 Å². The highest BCUT2D eigenvalue weighted by molar-refractivity contribution is 5.16. The van der Waals surface area contributed by atoms with Gasteiger partial charge in [0.1, 0.15) is 5.76 Å². The Hall–Kier alpha value is -0.840. The van der Waals surface area contributed by atoms with Gasteiger partial charge in [0.2, 0.25) is 0 Å². The molecule has 0 saturated carbocycles. The zero-order chi connectivity index (χ0) is 11.9. The van der Waals surface area contributed by atoms with Gasteiger partial charge in [0, 0.05) is 25.2 Å². The lowest BCUT2D eigenvalue weighted by molar-refractivity contribution is 0.0311. The van der Waals surface area contributed by atoms with Gasteiger partial charge < -0.3 is 14.5 Å². The van der Waals surface area contributed by atoms with E-state index in [0.29, 0.717) is 0 Å². The molecule has 2 rings (SSSR count). The molecule has 17 heavy (non-hydrogen) atoms. The summed E-state index contributed by atoms with van der Waals surface area (Å²) in [7, 11) is 0. The Morgan fingerprint density at radius 3 is 2.94 bits per heavy atom. The first-order valence-electron chi connectivity index (χ1n) is 6.46. The molecular weight excluding hydrogens is 216 g/mol. The average Bonchev–Trinajstić information content (AvgIpc) is 2.79. The maximum absolute atomic E-state index is 5.58. The lowest BCUT2D eigenvalue weighted by atomic mass is 10.2. The van der Waals surface area contributed by atoms with E-state index in [2.05, 4.69) is 23.2 Å². The molecule has 96 valence electrons. The van der Waals surface area contributed by atoms with Gasteiger partial charge in [0.05, 0.1) is 26.0 Å². The summed E-state index contributed by atoms with van der Waals surface area (Å²) in [5, 5.41) is 3.41. The summed E-state index contributed by atoms with van der Waals surface area (Å²) in [6.07, 6.45) is 2.95. The number of hydrogen-bond donors (Lipinski definition) is 1. The predicted octanol–water partition coefficient (Wildman–Crippen LogP) is 1.61. The normalized spacial score (nSPS) is 17.5. The van der Waals surface area contributed by atoms with Crippen molar-refractivity contribution in [1.29, 1.82) is 0 Å². The van der Waals surface area contributed by atoms with Crippen molar-refractivity contribution in [2.75, 3.05) is 32.8 Å². The topological polar surface area (TPSA) is 37.6 Å². The van der Waals surface area contributed by atoms with Gasteiger partial charge in [-0.15, -0.1) is 0 Å². The second-order valence-electron chi connectivity index (χ2n) is 4.43. The summed E-state index contributed by atoms with van der Waals surface area (Å²) >= 11 is 0. The van der Waals surface area contributed by atoms with E-state index in [-0.39, 0.29) is 0 Å². The monoisotopic (exact) mass is 238 g/mol. The van der Waals surface area contributed by atoms with Crippen LogP contribution in [0, 0.1) is 0 Å². The Kier molecular flexibility index (Phi) is 5.04. The van der Waals surface area contributed by atoms with Gasteiger partial charge in [0.15, 0.2) is 0 Å². The van der Waals surface area contributed by atoms with Gasteiger partial charge in [-0.05, 0) is 19.0 Å². The lowest BCUT2D eigenvalue weighted by Gasteiger charge is -2.25. The molecule has 0 bridgehead atoms. The first-order chi connectivity index (χ1) is 8.40. The predicted molar refractivity (Wildman–Crippen MR) is 66.8 cm³/mol. The van der Waals surface area contributed by atoms with E-state index in [9.17, 15) is 0 Å². The van der Waals surface area contributed by atoms with Crippen LogP contribution in [0.25, 0.3) is 0 Å². The van der Waals surface area contributed by atoms with Crippen LogP contribution in [-0.4, -0.2) is 37.7 Å². The van der Waals surface area contributed by atoms with Crippen molar-refractivity contribution in [2.24, 2.45) is 0 Å². The number of nitrogens with zero attached hydrogens (tertiary/aromatic N) is 1. The van der Waals surface area contributed by atoms with Crippen LogP contribution in [0.3, 0.4) is 0 Å². The molecular formula is C13H22N2O2. The molecule has 4 nitrogen and oxygen atoms in total. The molecule has 1 saturated heterocycles. The summed E-state index contributed by atoms with van der Waals surface area (Å²) in [5.74, 6) is 1.09. The second-order valence-corrected chi connectivity index (χ2v) is 4.43. The minimum absolute atomic E-state index is 0.837. The number of nitrogens with one attached hydrogen (secondary N) is 1. The van der Waals surface area contributed by atoms with Gasteiger partial charge >= 0.3 is 0 Å². The van der Waals surface area contributed by atoms with Crippen molar-refractivity contribution in [3.63, 3.8) is 0 Å². The lowest BCUT2D eigenvalue weighted by Crippen LogP contribution is -2.35. The molecule has 1 aromatic rings. The Morgan fingerprint density at radius 1 is 1.35 bits per heavy atom. The highest BCUT2D eigenvalue weighted by Gasteiger charge is 2.14. The molecule has 0 atom stereocenters. The maximum Gasteiger partial charge on any atom is 0.122 e. The van der Waals surface area contributed by atoms with E-state index in [1.165, 1.54) is 5.56 Å². The van der Waals surface area contributed by atoms with Crippen molar-refractivity contribution in [3.8, 4) is 0 Å². The van der Waals surface area contributed by atoms with Gasteiger partial charge in [-0.3, -0.25) is 4.90 Å². The fourth-order valence-electron chi connectivity index (χ4n) is 2.03. The SMILES string of the molecule is CCCNCc1ccoc1CN1CCOCC1. The smallest absolute Gasteiger partial charge is 0.122 e. The van der Waals surface area contributed by atoms with Crippen molar-refractivity contribution >= 4 is 0 Å². The maximum atomic E-state index is 5.58. The van der Waals surface area contributed by atoms with Crippen LogP contribution in [0.1, 0.15) is 24.7 Å². The van der Waals surface area contributed by atoms with E-state index in [1.807, 2.05) is 0 Å². The van der Waals surface area contributed by atoms with Gasteiger partial charge in [0.25, 0.3) is 0 Å². The molecule has 2 heterocycles. The standard InChI is InChI=1S/C13H22N2O2/c1-2-4-14-10-12-3-7-17-13(12)11-15-5-8-16-9-6-15/h3,7,14H,2,4-6,8-11H2,1H3. The number of hydrogen-bond acceptors (Lipinski definition) is 4. The summed E-state index contributed by atoms with van der Waals surface area (Å²) in [5.41, 5.74) is 1.28. The first-order valence-corrected chi connectivity index (χ1v) is 6.46. The third kappa shape index (κ3) is 3.84. The molecule has 1 aliphatic rings. The third-order valence-electron chi connectivity index (χ3n) is 3.05. The second kappa shape index (κ2) is 6.79. The van der Waals surface area contributed by atoms with Gasteiger partial charge in [-0.1, -0.05) is 6.92 Å². The number of furan rings is 1. The zero-order valence-electron chi connectivity index (χ0n) is 10.6. The molecule has 0 aromatic carbocycles. The van der Waals surface area contributed by atoms with Crippen LogP contribution in [0.15, 0.2) is 16.7 Å². The fraction of sp³-hybridized carbons (Fsp3) is 0.692. The van der Waals surface area contributed by atoms with Crippen molar-refractivity contribution in [3.05, 3.63) is 23.7 Å². The molecule has 1 aromatic heterocycles. The van der Waals surface area contributed by atoms with E-state index >= 15 is 0 Å². The fourth-order valence-corrected chi connectivity index (χ4v) is 2.03. The summed E-state index contributed by atoms with van der Waals surface area (Å²) in [6, 6.07) is 2.07. The average molecular weight is 238 g/mol. The molecule has 0 spiro atoms. The minimum atomic E-state index is 0.837. The van der Waals surface area contributed by atoms with Crippen LogP contribution in [0.4, 0.5) is 0 Å². The summed E-state index contributed by atoms with van der Waals surface area (Å²) < 4.78 is 10.9. The third-order valence-corrected chi connectivity index (χ3v) is 3.05. The van der Waals surface area contributed by atoms with Crippen LogP contribution < -0.4 is 5.32 Å². The Balaban J connectivity index is 1.84. The Labute approximate surface area is 103 Å². The zero-order valence-corrected chi connectivity index (χ0v) is 10.6. The molecule has 0 radical (unpaired) electrons. The van der Waals surface area contributed by atoms with E-state index in [1.54, 1.807) is 6.26 Å². The van der Waals surface area contributed by atoms with E-state index in [4.69, 9.17) is 9.15 Å². The number of rotatable bonds is 6. The largest absolute Gasteiger partial charge is 0.468 e. The highest BCUT2D eigenvalue weighted by atomic mass is 16.5. The Morgan fingerprint density at radius 2 is 2.18 bits per heavy atom. The van der Waals surface area contributed by atoms with Crippen molar-refractivity contribution in [1.82, 2.24) is 10.2 Å².